The molecular formula is C41H54Br3F2N7O4. The number of nitrogens with zero attached hydrogens (tertiary/aromatic N) is 6. The molecule has 3 amide bonds. The maximum Gasteiger partial charge on any atom is 0.256 e. The molecule has 0 unspecified atom stereocenters. The van der Waals surface area contributed by atoms with Crippen LogP contribution in [0.25, 0.3) is 0 Å². The molecule has 0 aromatic heterocycles. The zero-order valence-corrected chi connectivity index (χ0v) is 37.7. The minimum Gasteiger partial charge on any atom is -0.395 e. The van der Waals surface area contributed by atoms with Gasteiger partial charge in [-0.25, -0.2) is 8.78 Å². The molecule has 2 N–H and O–H groups in total. The number of benzene rings is 3. The van der Waals surface area contributed by atoms with Crippen molar-refractivity contribution in [1.29, 1.82) is 0 Å². The first kappa shape index (κ1) is 46.9. The molecule has 312 valence electrons. The van der Waals surface area contributed by atoms with Crippen molar-refractivity contribution in [3.05, 3.63) is 102 Å². The predicted molar refractivity (Wildman–Crippen MR) is 231 cm³/mol. The summed E-state index contributed by atoms with van der Waals surface area (Å²) in [5.41, 5.74) is 0.979. The van der Waals surface area contributed by atoms with Crippen LogP contribution in [0.5, 0.6) is 0 Å². The second-order valence-electron chi connectivity index (χ2n) is 14.5. The summed E-state index contributed by atoms with van der Waals surface area (Å²) in [5, 5.41) is 11.6. The van der Waals surface area contributed by atoms with Gasteiger partial charge in [-0.3, -0.25) is 24.2 Å². The number of aliphatic hydroxyl groups excluding tert-OH is 1. The van der Waals surface area contributed by atoms with Crippen LogP contribution in [0, 0.1) is 11.6 Å². The molecule has 11 nitrogen and oxygen atoms in total. The van der Waals surface area contributed by atoms with Crippen molar-refractivity contribution in [2.45, 2.75) is 18.9 Å². The van der Waals surface area contributed by atoms with Crippen molar-refractivity contribution in [3.8, 4) is 0 Å². The van der Waals surface area contributed by atoms with Crippen molar-refractivity contribution in [1.82, 2.24) is 34.7 Å². The first-order valence-corrected chi connectivity index (χ1v) is 21.6. The Labute approximate surface area is 360 Å². The number of aliphatic hydroxyl groups is 1. The molecule has 3 aliphatic heterocycles. The third-order valence-electron chi connectivity index (χ3n) is 10.3. The van der Waals surface area contributed by atoms with Crippen molar-refractivity contribution < 1.29 is 28.3 Å². The quantitative estimate of drug-likeness (QED) is 0.290. The average molecular weight is 987 g/mol. The zero-order valence-electron chi connectivity index (χ0n) is 32.9. The highest BCUT2D eigenvalue weighted by Gasteiger charge is 2.26. The van der Waals surface area contributed by atoms with Crippen LogP contribution in [-0.4, -0.2) is 171 Å². The summed E-state index contributed by atoms with van der Waals surface area (Å²) in [4.78, 5) is 48.9. The van der Waals surface area contributed by atoms with E-state index in [1.54, 1.807) is 23.1 Å². The van der Waals surface area contributed by atoms with Gasteiger partial charge < -0.3 is 30.0 Å². The Hall–Kier alpha value is -2.83. The Balaban J connectivity index is 0.000000190. The summed E-state index contributed by atoms with van der Waals surface area (Å²) < 4.78 is 29.6. The van der Waals surface area contributed by atoms with Gasteiger partial charge in [-0.05, 0) is 94.6 Å². The van der Waals surface area contributed by atoms with Crippen LogP contribution in [0.1, 0.15) is 43.9 Å². The van der Waals surface area contributed by atoms with Crippen LogP contribution in [-0.2, 0) is 0 Å². The lowest BCUT2D eigenvalue weighted by Crippen LogP contribution is -2.49. The van der Waals surface area contributed by atoms with E-state index in [-0.39, 0.29) is 35.5 Å². The van der Waals surface area contributed by atoms with E-state index in [0.29, 0.717) is 41.2 Å². The molecule has 0 saturated carbocycles. The molecule has 6 rings (SSSR count). The first-order chi connectivity index (χ1) is 27.2. The Bertz CT molecular complexity index is 1750. The second-order valence-corrected chi connectivity index (χ2v) is 17.2. The van der Waals surface area contributed by atoms with E-state index < -0.39 is 11.6 Å². The highest BCUT2D eigenvalue weighted by Crippen LogP contribution is 2.21. The summed E-state index contributed by atoms with van der Waals surface area (Å²) in [5.74, 6) is -1.44. The van der Waals surface area contributed by atoms with Gasteiger partial charge in [-0.15, -0.1) is 0 Å². The fourth-order valence-electron chi connectivity index (χ4n) is 6.68. The van der Waals surface area contributed by atoms with Crippen molar-refractivity contribution in [2.24, 2.45) is 0 Å². The molecule has 3 aromatic rings. The molecule has 16 heteroatoms. The van der Waals surface area contributed by atoms with Crippen LogP contribution in [0.4, 0.5) is 8.78 Å². The topological polar surface area (TPSA) is 103 Å². The SMILES string of the molecule is CN(C)C1CCN(C(=O)c2ccc(Br)cc2F)CC1.CN1CCN(CCNC(=O)c2ccc(Br)cc2F)CC1.O=C(c1ccc(Br)cc1)N1CCN(CCO)CC1. The minimum absolute atomic E-state index is 0.0890. The normalized spacial score (nSPS) is 17.0. The van der Waals surface area contributed by atoms with Gasteiger partial charge in [0.15, 0.2) is 0 Å². The summed E-state index contributed by atoms with van der Waals surface area (Å²) in [6.45, 7) is 10.9. The van der Waals surface area contributed by atoms with Gasteiger partial charge in [0, 0.05) is 110 Å². The highest BCUT2D eigenvalue weighted by molar-refractivity contribution is 9.11. The molecule has 3 fully saturated rings. The summed E-state index contributed by atoms with van der Waals surface area (Å²) >= 11 is 9.73. The van der Waals surface area contributed by atoms with Crippen molar-refractivity contribution >= 4 is 65.5 Å². The predicted octanol–water partition coefficient (Wildman–Crippen LogP) is 5.52. The second kappa shape index (κ2) is 23.7. The largest absolute Gasteiger partial charge is 0.395 e. The number of amides is 3. The van der Waals surface area contributed by atoms with Gasteiger partial charge in [-0.2, -0.15) is 0 Å². The number of hydrogen-bond donors (Lipinski definition) is 2. The van der Waals surface area contributed by atoms with E-state index >= 15 is 0 Å². The van der Waals surface area contributed by atoms with Crippen LogP contribution in [0.2, 0.25) is 0 Å². The van der Waals surface area contributed by atoms with Crippen molar-refractivity contribution in [2.75, 3.05) is 113 Å². The lowest BCUT2D eigenvalue weighted by molar-refractivity contribution is 0.0613. The highest BCUT2D eigenvalue weighted by atomic mass is 79.9. The van der Waals surface area contributed by atoms with E-state index in [1.165, 1.54) is 18.2 Å². The molecule has 3 aromatic carbocycles. The average Bonchev–Trinajstić information content (AvgIpc) is 3.19. The van der Waals surface area contributed by atoms with E-state index in [0.717, 1.165) is 81.8 Å². The van der Waals surface area contributed by atoms with Crippen LogP contribution < -0.4 is 5.32 Å². The number of likely N-dealkylation sites (N-methyl/N-ethyl adjacent to an activating group) is 1. The Kier molecular flexibility index (Phi) is 19.5. The van der Waals surface area contributed by atoms with E-state index in [1.807, 2.05) is 29.2 Å². The number of piperazine rings is 2. The molecule has 57 heavy (non-hydrogen) atoms. The molecule has 0 bridgehead atoms. The summed E-state index contributed by atoms with van der Waals surface area (Å²) in [6, 6.07) is 17.0. The third kappa shape index (κ3) is 15.1. The minimum atomic E-state index is -0.503. The molecule has 0 spiro atoms. The number of carbonyl (C=O) groups excluding carboxylic acids is 3. The molecular weight excluding hydrogens is 932 g/mol. The van der Waals surface area contributed by atoms with Gasteiger partial charge in [0.1, 0.15) is 11.6 Å². The van der Waals surface area contributed by atoms with Crippen LogP contribution in [0.15, 0.2) is 74.1 Å². The van der Waals surface area contributed by atoms with Crippen LogP contribution in [0.3, 0.4) is 0 Å². The number of halogens is 5. The summed E-state index contributed by atoms with van der Waals surface area (Å²) in [7, 11) is 6.21. The van der Waals surface area contributed by atoms with E-state index in [4.69, 9.17) is 5.11 Å². The first-order valence-electron chi connectivity index (χ1n) is 19.2. The fraction of sp³-hybridized carbons (Fsp3) is 0.488. The Morgan fingerprint density at radius 1 is 0.684 bits per heavy atom. The Morgan fingerprint density at radius 3 is 1.70 bits per heavy atom. The molecule has 3 heterocycles. The van der Waals surface area contributed by atoms with Gasteiger partial charge in [0.25, 0.3) is 17.7 Å². The molecule has 0 radical (unpaired) electrons. The lowest BCUT2D eigenvalue weighted by atomic mass is 10.0. The van der Waals surface area contributed by atoms with Gasteiger partial charge in [-0.1, -0.05) is 47.8 Å². The number of β-amino-alcohol motifs (C(OH)–C–C–N with tert-alkyl or cyclic N) is 1. The zero-order chi connectivity index (χ0) is 41.5. The smallest absolute Gasteiger partial charge is 0.256 e. The van der Waals surface area contributed by atoms with Gasteiger partial charge in [0.2, 0.25) is 0 Å². The molecule has 0 atom stereocenters. The number of hydrogen-bond acceptors (Lipinski definition) is 8. The third-order valence-corrected chi connectivity index (χ3v) is 11.8. The Morgan fingerprint density at radius 2 is 1.18 bits per heavy atom. The fourth-order valence-corrected chi connectivity index (χ4v) is 7.61. The molecule has 0 aliphatic carbocycles. The van der Waals surface area contributed by atoms with E-state index in [9.17, 15) is 23.2 Å². The lowest BCUT2D eigenvalue weighted by Gasteiger charge is -2.35. The maximum absolute atomic E-state index is 13.8. The van der Waals surface area contributed by atoms with Gasteiger partial charge >= 0.3 is 0 Å². The number of piperidine rings is 1. The maximum atomic E-state index is 13.8. The number of likely N-dealkylation sites (tertiary alicyclic amines) is 1. The number of nitrogens with one attached hydrogen (secondary N) is 1. The summed E-state index contributed by atoms with van der Waals surface area (Å²) in [6.07, 6.45) is 1.88. The van der Waals surface area contributed by atoms with Crippen LogP contribution >= 0.6 is 47.8 Å². The monoisotopic (exact) mass is 983 g/mol. The molecule has 3 aliphatic rings. The van der Waals surface area contributed by atoms with Gasteiger partial charge in [0.05, 0.1) is 17.7 Å². The number of carbonyl (C=O) groups is 3. The standard InChI is InChI=1S/C14H19BrFN3O.C14H18BrFN2O.C13H17BrN2O2/c1-18-6-8-19(9-7-18)5-4-17-14(20)12-3-2-11(15)10-13(12)16;1-17(2)11-5-7-18(8-6-11)14(19)12-4-3-10(15)9-13(12)16;14-12-3-1-11(2-4-12)13(18)16-7-5-15(6-8-16)9-10-17/h2-3,10H,4-9H2,1H3,(H,17,20);3-4,9,11H,5-8H2,1-2H3;1-4,17H,5-10H2. The van der Waals surface area contributed by atoms with E-state index in [2.05, 4.69) is 93.8 Å². The number of rotatable bonds is 9. The molecule has 3 saturated heterocycles. The van der Waals surface area contributed by atoms with Crippen molar-refractivity contribution in [3.63, 3.8) is 0 Å².